The summed E-state index contributed by atoms with van der Waals surface area (Å²) in [6, 6.07) is 5.13. The van der Waals surface area contributed by atoms with E-state index >= 15 is 0 Å². The minimum atomic E-state index is -0.214. The molecule has 0 saturated heterocycles. The third kappa shape index (κ3) is 2.45. The predicted octanol–water partition coefficient (Wildman–Crippen LogP) is 3.71. The van der Waals surface area contributed by atoms with E-state index in [4.69, 9.17) is 0 Å². The second kappa shape index (κ2) is 3.85. The summed E-state index contributed by atoms with van der Waals surface area (Å²) in [6.07, 6.45) is 0.740. The summed E-state index contributed by atoms with van der Waals surface area (Å²) in [7, 11) is 0. The summed E-state index contributed by atoms with van der Waals surface area (Å²) >= 11 is 3.10. The molecule has 12 heavy (non-hydrogen) atoms. The van der Waals surface area contributed by atoms with Crippen LogP contribution in [-0.2, 0) is 6.42 Å². The molecule has 1 aromatic rings. The van der Waals surface area contributed by atoms with Crippen LogP contribution in [0.3, 0.4) is 0 Å². The minimum absolute atomic E-state index is 0.214. The highest BCUT2D eigenvalue weighted by Gasteiger charge is 1.99. The fraction of sp³-hybridized carbons (Fsp3) is 0.200. The Labute approximate surface area is 80.2 Å². The molecule has 1 rings (SSSR count). The summed E-state index contributed by atoms with van der Waals surface area (Å²) in [5, 5.41) is 0. The van der Waals surface area contributed by atoms with Gasteiger partial charge in [-0.25, -0.2) is 4.39 Å². The smallest absolute Gasteiger partial charge is 0.137 e. The Morgan fingerprint density at radius 2 is 2.25 bits per heavy atom. The van der Waals surface area contributed by atoms with Crippen molar-refractivity contribution in [2.24, 2.45) is 0 Å². The van der Waals surface area contributed by atoms with Crippen LogP contribution in [0.25, 0.3) is 0 Å². The van der Waals surface area contributed by atoms with Crippen molar-refractivity contribution >= 4 is 15.9 Å². The highest BCUT2D eigenvalue weighted by Crippen LogP contribution is 2.17. The number of allylic oxidation sites excluding steroid dienone is 1. The van der Waals surface area contributed by atoms with Crippen molar-refractivity contribution in [1.29, 1.82) is 0 Å². The SMILES string of the molecule is C=C(C)Cc1ccc(Br)c(F)c1. The van der Waals surface area contributed by atoms with Gasteiger partial charge in [-0.05, 0) is 47.0 Å². The monoisotopic (exact) mass is 228 g/mol. The summed E-state index contributed by atoms with van der Waals surface area (Å²) in [5.74, 6) is -0.214. The van der Waals surface area contributed by atoms with Crippen molar-refractivity contribution in [1.82, 2.24) is 0 Å². The normalized spacial score (nSPS) is 9.92. The first-order valence-electron chi connectivity index (χ1n) is 3.68. The Hall–Kier alpha value is -0.630. The zero-order valence-electron chi connectivity index (χ0n) is 6.90. The Bertz CT molecular complexity index is 305. The molecule has 0 nitrogen and oxygen atoms in total. The standard InChI is InChI=1S/C10H10BrF/c1-7(2)5-8-3-4-9(11)10(12)6-8/h3-4,6H,1,5H2,2H3. The molecule has 1 aromatic carbocycles. The van der Waals surface area contributed by atoms with Crippen LogP contribution in [0.2, 0.25) is 0 Å². The zero-order valence-corrected chi connectivity index (χ0v) is 8.49. The van der Waals surface area contributed by atoms with Crippen molar-refractivity contribution in [3.8, 4) is 0 Å². The lowest BCUT2D eigenvalue weighted by molar-refractivity contribution is 0.619. The van der Waals surface area contributed by atoms with E-state index in [2.05, 4.69) is 22.5 Å². The van der Waals surface area contributed by atoms with Crippen LogP contribution < -0.4 is 0 Å². The molecule has 0 amide bonds. The van der Waals surface area contributed by atoms with Gasteiger partial charge in [-0.15, -0.1) is 0 Å². The van der Waals surface area contributed by atoms with Crippen molar-refractivity contribution in [2.75, 3.05) is 0 Å². The maximum atomic E-state index is 13.0. The second-order valence-electron chi connectivity index (χ2n) is 2.88. The molecule has 64 valence electrons. The van der Waals surface area contributed by atoms with Gasteiger partial charge >= 0.3 is 0 Å². The van der Waals surface area contributed by atoms with Crippen LogP contribution in [0.1, 0.15) is 12.5 Å². The molecule has 0 atom stereocenters. The maximum absolute atomic E-state index is 13.0. The predicted molar refractivity (Wildman–Crippen MR) is 52.6 cm³/mol. The molecule has 0 aliphatic rings. The molecule has 0 N–H and O–H groups in total. The lowest BCUT2D eigenvalue weighted by Gasteiger charge is -2.01. The van der Waals surface area contributed by atoms with Crippen LogP contribution >= 0.6 is 15.9 Å². The highest BCUT2D eigenvalue weighted by atomic mass is 79.9. The van der Waals surface area contributed by atoms with Gasteiger partial charge in [-0.1, -0.05) is 18.2 Å². The van der Waals surface area contributed by atoms with Gasteiger partial charge < -0.3 is 0 Å². The number of rotatable bonds is 2. The molecular formula is C10H10BrF. The summed E-state index contributed by atoms with van der Waals surface area (Å²) in [4.78, 5) is 0. The quantitative estimate of drug-likeness (QED) is 0.678. The topological polar surface area (TPSA) is 0 Å². The number of halogens is 2. The van der Waals surface area contributed by atoms with Gasteiger partial charge in [0.2, 0.25) is 0 Å². The van der Waals surface area contributed by atoms with Crippen molar-refractivity contribution in [3.63, 3.8) is 0 Å². The van der Waals surface area contributed by atoms with E-state index < -0.39 is 0 Å². The Kier molecular flexibility index (Phi) is 3.04. The Morgan fingerprint density at radius 3 is 2.75 bits per heavy atom. The lowest BCUT2D eigenvalue weighted by atomic mass is 10.1. The molecule has 0 saturated carbocycles. The molecule has 0 fully saturated rings. The van der Waals surface area contributed by atoms with Crippen LogP contribution in [0.5, 0.6) is 0 Å². The Morgan fingerprint density at radius 1 is 1.58 bits per heavy atom. The van der Waals surface area contributed by atoms with Crippen LogP contribution in [0, 0.1) is 5.82 Å². The fourth-order valence-electron chi connectivity index (χ4n) is 0.998. The van der Waals surface area contributed by atoms with Gasteiger partial charge in [0.05, 0.1) is 4.47 Å². The molecule has 0 aliphatic heterocycles. The first-order valence-corrected chi connectivity index (χ1v) is 4.47. The molecule has 2 heteroatoms. The molecule has 0 unspecified atom stereocenters. The molecule has 0 radical (unpaired) electrons. The molecular weight excluding hydrogens is 219 g/mol. The van der Waals surface area contributed by atoms with E-state index in [9.17, 15) is 4.39 Å². The Balaban J connectivity index is 2.89. The van der Waals surface area contributed by atoms with Crippen molar-refractivity contribution < 1.29 is 4.39 Å². The lowest BCUT2D eigenvalue weighted by Crippen LogP contribution is -1.87. The van der Waals surface area contributed by atoms with Gasteiger partial charge in [-0.3, -0.25) is 0 Å². The first-order chi connectivity index (χ1) is 5.59. The first kappa shape index (κ1) is 9.46. The van der Waals surface area contributed by atoms with Crippen LogP contribution in [0.4, 0.5) is 4.39 Å². The van der Waals surface area contributed by atoms with E-state index in [0.29, 0.717) is 4.47 Å². The van der Waals surface area contributed by atoms with E-state index in [1.54, 1.807) is 6.07 Å². The number of hydrogen-bond donors (Lipinski definition) is 0. The summed E-state index contributed by atoms with van der Waals surface area (Å²) < 4.78 is 13.5. The average molecular weight is 229 g/mol. The molecule has 0 spiro atoms. The molecule has 0 aromatic heterocycles. The van der Waals surface area contributed by atoms with Gasteiger partial charge in [0, 0.05) is 0 Å². The van der Waals surface area contributed by atoms with E-state index in [-0.39, 0.29) is 5.82 Å². The third-order valence-corrected chi connectivity index (χ3v) is 2.13. The van der Waals surface area contributed by atoms with Crippen molar-refractivity contribution in [3.05, 3.63) is 46.2 Å². The third-order valence-electron chi connectivity index (χ3n) is 1.49. The van der Waals surface area contributed by atoms with Gasteiger partial charge in [0.15, 0.2) is 0 Å². The van der Waals surface area contributed by atoms with Crippen LogP contribution in [0.15, 0.2) is 34.8 Å². The zero-order chi connectivity index (χ0) is 9.14. The fourth-order valence-corrected chi connectivity index (χ4v) is 1.24. The van der Waals surface area contributed by atoms with E-state index in [1.165, 1.54) is 6.07 Å². The number of hydrogen-bond acceptors (Lipinski definition) is 0. The van der Waals surface area contributed by atoms with E-state index in [0.717, 1.165) is 17.6 Å². The van der Waals surface area contributed by atoms with Gasteiger partial charge in [0.1, 0.15) is 5.82 Å². The van der Waals surface area contributed by atoms with Gasteiger partial charge in [0.25, 0.3) is 0 Å². The molecule has 0 aliphatic carbocycles. The van der Waals surface area contributed by atoms with Crippen LogP contribution in [-0.4, -0.2) is 0 Å². The molecule has 0 heterocycles. The molecule has 0 bridgehead atoms. The number of benzene rings is 1. The highest BCUT2D eigenvalue weighted by molar-refractivity contribution is 9.10. The van der Waals surface area contributed by atoms with Gasteiger partial charge in [-0.2, -0.15) is 0 Å². The maximum Gasteiger partial charge on any atom is 0.137 e. The summed E-state index contributed by atoms with van der Waals surface area (Å²) in [6.45, 7) is 5.70. The second-order valence-corrected chi connectivity index (χ2v) is 3.74. The minimum Gasteiger partial charge on any atom is -0.206 e. The van der Waals surface area contributed by atoms with E-state index in [1.807, 2.05) is 13.0 Å². The summed E-state index contributed by atoms with van der Waals surface area (Å²) in [5.41, 5.74) is 2.00. The average Bonchev–Trinajstić information content (AvgIpc) is 1.96. The largest absolute Gasteiger partial charge is 0.206 e. The van der Waals surface area contributed by atoms with Crippen molar-refractivity contribution in [2.45, 2.75) is 13.3 Å².